The molecule has 8 heteroatoms. The fourth-order valence-electron chi connectivity index (χ4n) is 4.35. The number of carbonyl (C=O) groups excluding carboxylic acids is 2. The number of aryl methyl sites for hydroxylation is 2. The van der Waals surface area contributed by atoms with Crippen LogP contribution in [0.5, 0.6) is 0 Å². The normalized spacial score (nSPS) is 23.6. The van der Waals surface area contributed by atoms with Gasteiger partial charge in [0.05, 0.1) is 31.1 Å². The summed E-state index contributed by atoms with van der Waals surface area (Å²) in [6.07, 6.45) is -0.830. The van der Waals surface area contributed by atoms with Crippen molar-refractivity contribution in [2.24, 2.45) is 0 Å². The molecule has 0 spiro atoms. The monoisotopic (exact) mass is 467 g/mol. The molecule has 0 amide bonds. The average molecular weight is 468 g/mol. The van der Waals surface area contributed by atoms with E-state index < -0.39 is 24.1 Å². The van der Waals surface area contributed by atoms with Crippen molar-refractivity contribution in [1.29, 1.82) is 0 Å². The van der Waals surface area contributed by atoms with E-state index in [-0.39, 0.29) is 12.8 Å². The first-order valence-corrected chi connectivity index (χ1v) is 11.8. The highest BCUT2D eigenvalue weighted by molar-refractivity contribution is 5.91. The quantitative estimate of drug-likeness (QED) is 0.623. The van der Waals surface area contributed by atoms with E-state index in [1.54, 1.807) is 18.2 Å². The molecule has 2 fully saturated rings. The van der Waals surface area contributed by atoms with Gasteiger partial charge in [0.25, 0.3) is 0 Å². The fourth-order valence-corrected chi connectivity index (χ4v) is 4.35. The molecule has 0 unspecified atom stereocenters. The van der Waals surface area contributed by atoms with Crippen LogP contribution in [0.4, 0.5) is 0 Å². The van der Waals surface area contributed by atoms with Gasteiger partial charge in [0.1, 0.15) is 25.0 Å². The number of esters is 2. The highest BCUT2D eigenvalue weighted by atomic mass is 16.6. The Morgan fingerprint density at radius 1 is 1.00 bits per heavy atom. The van der Waals surface area contributed by atoms with Crippen LogP contribution in [0.3, 0.4) is 0 Å². The van der Waals surface area contributed by atoms with E-state index in [1.807, 2.05) is 44.2 Å². The zero-order chi connectivity index (χ0) is 24.1. The maximum absolute atomic E-state index is 12.9. The van der Waals surface area contributed by atoms with E-state index in [2.05, 4.69) is 22.0 Å². The lowest BCUT2D eigenvalue weighted by Crippen LogP contribution is -2.56. The molecule has 1 N–H and O–H groups in total. The maximum atomic E-state index is 12.9. The molecule has 0 radical (unpaired) electrons. The van der Waals surface area contributed by atoms with Crippen LogP contribution in [0.1, 0.15) is 45.2 Å². The first kappa shape index (κ1) is 24.3. The van der Waals surface area contributed by atoms with Crippen molar-refractivity contribution in [1.82, 2.24) is 15.1 Å². The third-order valence-corrected chi connectivity index (χ3v) is 6.43. The maximum Gasteiger partial charge on any atom is 0.338 e. The molecule has 0 aliphatic carbocycles. The van der Waals surface area contributed by atoms with Crippen molar-refractivity contribution in [3.05, 3.63) is 70.8 Å². The molecule has 4 rings (SSSR count). The number of hydrogen-bond acceptors (Lipinski definition) is 8. The smallest absolute Gasteiger partial charge is 0.338 e. The molecule has 2 saturated heterocycles. The van der Waals surface area contributed by atoms with E-state index in [0.717, 1.165) is 31.0 Å². The molecule has 3 atom stereocenters. The molecule has 0 bridgehead atoms. The van der Waals surface area contributed by atoms with Crippen LogP contribution in [-0.4, -0.2) is 73.3 Å². The van der Waals surface area contributed by atoms with Gasteiger partial charge < -0.3 is 14.2 Å². The van der Waals surface area contributed by atoms with Gasteiger partial charge in [0, 0.05) is 6.42 Å². The molecule has 2 aliphatic heterocycles. The molecule has 8 nitrogen and oxygen atoms in total. The Kier molecular flexibility index (Phi) is 7.95. The van der Waals surface area contributed by atoms with Gasteiger partial charge in [-0.25, -0.2) is 9.59 Å². The highest BCUT2D eigenvalue weighted by Crippen LogP contribution is 2.28. The lowest BCUT2D eigenvalue weighted by molar-refractivity contribution is -0.109. The van der Waals surface area contributed by atoms with E-state index >= 15 is 0 Å². The van der Waals surface area contributed by atoms with Crippen molar-refractivity contribution < 1.29 is 23.8 Å². The summed E-state index contributed by atoms with van der Waals surface area (Å²) in [6, 6.07) is 14.6. The average Bonchev–Trinajstić information content (AvgIpc) is 3.25. The second-order valence-electron chi connectivity index (χ2n) is 8.82. The Morgan fingerprint density at radius 3 is 2.29 bits per heavy atom. The number of nitrogens with zero attached hydrogens (tertiary/aromatic N) is 2. The number of hydrogen-bond donors (Lipinski definition) is 1. The minimum atomic E-state index is -0.553. The van der Waals surface area contributed by atoms with Crippen LogP contribution in [-0.2, 0) is 14.2 Å². The summed E-state index contributed by atoms with van der Waals surface area (Å²) in [4.78, 5) is 30.0. The first-order valence-electron chi connectivity index (χ1n) is 11.8. The molecule has 2 aromatic carbocycles. The zero-order valence-electron chi connectivity index (χ0n) is 20.0. The molecular formula is C26H33N3O5. The first-order chi connectivity index (χ1) is 16.5. The van der Waals surface area contributed by atoms with Gasteiger partial charge in [-0.1, -0.05) is 43.3 Å². The topological polar surface area (TPSA) is 80.3 Å². The van der Waals surface area contributed by atoms with Gasteiger partial charge in [-0.05, 0) is 43.7 Å². The van der Waals surface area contributed by atoms with Gasteiger partial charge >= 0.3 is 11.9 Å². The summed E-state index contributed by atoms with van der Waals surface area (Å²) in [5.41, 5.74) is 2.74. The van der Waals surface area contributed by atoms with E-state index in [9.17, 15) is 9.59 Å². The molecule has 2 aliphatic rings. The van der Waals surface area contributed by atoms with Crippen LogP contribution in [0.15, 0.2) is 48.5 Å². The van der Waals surface area contributed by atoms with Gasteiger partial charge in [-0.2, -0.15) is 0 Å². The Labute approximate surface area is 200 Å². The lowest BCUT2D eigenvalue weighted by atomic mass is 10.1. The van der Waals surface area contributed by atoms with Crippen LogP contribution in [0.25, 0.3) is 0 Å². The summed E-state index contributed by atoms with van der Waals surface area (Å²) in [5, 5.41) is 3.37. The van der Waals surface area contributed by atoms with Gasteiger partial charge in [0.2, 0.25) is 0 Å². The minimum Gasteiger partial charge on any atom is -0.459 e. The molecular weight excluding hydrogens is 434 g/mol. The van der Waals surface area contributed by atoms with Gasteiger partial charge in [-0.3, -0.25) is 15.1 Å². The minimum absolute atomic E-state index is 0.00808. The predicted octanol–water partition coefficient (Wildman–Crippen LogP) is 2.90. The van der Waals surface area contributed by atoms with Crippen molar-refractivity contribution in [2.45, 2.75) is 45.6 Å². The summed E-state index contributed by atoms with van der Waals surface area (Å²) in [6.45, 7) is 9.04. The number of ether oxygens (including phenoxy) is 3. The molecule has 0 aromatic heterocycles. The predicted molar refractivity (Wildman–Crippen MR) is 127 cm³/mol. The second-order valence-corrected chi connectivity index (χ2v) is 8.82. The number of nitrogens with one attached hydrogen (secondary N) is 1. The fraction of sp³-hybridized carbons (Fsp3) is 0.462. The number of carbonyl (C=O) groups is 2. The summed E-state index contributed by atoms with van der Waals surface area (Å²) >= 11 is 0. The Balaban J connectivity index is 1.46. The summed E-state index contributed by atoms with van der Waals surface area (Å²) < 4.78 is 17.8. The van der Waals surface area contributed by atoms with Gasteiger partial charge in [0.15, 0.2) is 0 Å². The zero-order valence-corrected chi connectivity index (χ0v) is 20.0. The van der Waals surface area contributed by atoms with Crippen molar-refractivity contribution >= 4 is 11.9 Å². The Hall–Kier alpha value is -2.78. The molecule has 0 saturated carbocycles. The molecule has 34 heavy (non-hydrogen) atoms. The number of benzene rings is 2. The van der Waals surface area contributed by atoms with Crippen molar-refractivity contribution in [2.75, 3.05) is 33.2 Å². The standard InChI is InChI=1S/C26H33N3O5/c1-4-28-15-27-16-29(17-28)24-13-22(34-26(31)21-12-8-6-10-19(21)3)23(33-24)14-32-25(30)20-11-7-5-9-18(20)2/h5-12,22-24,27H,4,13-17H2,1-3H3/t22-,23+,24-/m0/s1. The summed E-state index contributed by atoms with van der Waals surface area (Å²) in [5.74, 6) is -0.805. The van der Waals surface area contributed by atoms with Crippen LogP contribution in [0, 0.1) is 13.8 Å². The largest absolute Gasteiger partial charge is 0.459 e. The molecule has 182 valence electrons. The van der Waals surface area contributed by atoms with Crippen LogP contribution in [0.2, 0.25) is 0 Å². The van der Waals surface area contributed by atoms with E-state index in [0.29, 0.717) is 24.2 Å². The Bertz CT molecular complexity index is 1010. The second kappa shape index (κ2) is 11.1. The SMILES string of the molecule is CCN1CNCN([C@@H]2C[C@H](OC(=O)c3ccccc3C)[C@@H](COC(=O)c3ccccc3C)O2)C1. The lowest BCUT2D eigenvalue weighted by Gasteiger charge is -2.38. The third-order valence-electron chi connectivity index (χ3n) is 6.43. The summed E-state index contributed by atoms with van der Waals surface area (Å²) in [7, 11) is 0. The van der Waals surface area contributed by atoms with Crippen molar-refractivity contribution in [3.63, 3.8) is 0 Å². The van der Waals surface area contributed by atoms with Crippen molar-refractivity contribution in [3.8, 4) is 0 Å². The van der Waals surface area contributed by atoms with Gasteiger partial charge in [-0.15, -0.1) is 0 Å². The molecule has 2 aromatic rings. The number of rotatable bonds is 7. The van der Waals surface area contributed by atoms with E-state index in [4.69, 9.17) is 14.2 Å². The van der Waals surface area contributed by atoms with E-state index in [1.165, 1.54) is 0 Å². The molecule has 2 heterocycles. The Morgan fingerprint density at radius 2 is 1.65 bits per heavy atom. The third kappa shape index (κ3) is 5.64. The highest BCUT2D eigenvalue weighted by Gasteiger charge is 2.42. The van der Waals surface area contributed by atoms with Crippen LogP contribution < -0.4 is 5.32 Å². The van der Waals surface area contributed by atoms with Crippen LogP contribution >= 0.6 is 0 Å².